The Labute approximate surface area is 158 Å². The van der Waals surface area contributed by atoms with Gasteiger partial charge in [-0.2, -0.15) is 0 Å². The lowest BCUT2D eigenvalue weighted by Crippen LogP contribution is -2.39. The normalized spacial score (nSPS) is 16.1. The monoisotopic (exact) mass is 370 g/mol. The van der Waals surface area contributed by atoms with E-state index in [1.165, 1.54) is 17.7 Å². The van der Waals surface area contributed by atoms with Gasteiger partial charge in [0.05, 0.1) is 11.1 Å². The largest absolute Gasteiger partial charge is 0.459 e. The first-order valence-electron chi connectivity index (χ1n) is 9.40. The second-order valence-corrected chi connectivity index (χ2v) is 7.45. The molecule has 1 aromatic heterocycles. The molecule has 1 aliphatic rings. The summed E-state index contributed by atoms with van der Waals surface area (Å²) in [4.78, 5) is 37.0. The van der Waals surface area contributed by atoms with E-state index < -0.39 is 16.7 Å². The van der Waals surface area contributed by atoms with Gasteiger partial charge in [0.25, 0.3) is 5.56 Å². The molecule has 27 heavy (non-hydrogen) atoms. The summed E-state index contributed by atoms with van der Waals surface area (Å²) in [5.41, 5.74) is 0.170. The summed E-state index contributed by atoms with van der Waals surface area (Å²) < 4.78 is 8.00. The van der Waals surface area contributed by atoms with Crippen LogP contribution in [0.25, 0.3) is 0 Å². The SMILES string of the molecule is Cn1c(COC(=O)C2(Cc3ccccc3)CCCCC2)cc(=O)n(C)c1=O. The van der Waals surface area contributed by atoms with Crippen molar-refractivity contribution >= 4 is 5.97 Å². The van der Waals surface area contributed by atoms with Crippen LogP contribution in [0.1, 0.15) is 43.4 Å². The van der Waals surface area contributed by atoms with E-state index in [4.69, 9.17) is 4.74 Å². The Morgan fingerprint density at radius 2 is 1.70 bits per heavy atom. The number of carbonyl (C=O) groups excluding carboxylic acids is 1. The first kappa shape index (κ1) is 19.1. The van der Waals surface area contributed by atoms with E-state index in [1.54, 1.807) is 7.05 Å². The van der Waals surface area contributed by atoms with Gasteiger partial charge in [0, 0.05) is 20.2 Å². The maximum absolute atomic E-state index is 13.1. The van der Waals surface area contributed by atoms with E-state index >= 15 is 0 Å². The minimum atomic E-state index is -0.530. The summed E-state index contributed by atoms with van der Waals surface area (Å²) in [5.74, 6) is -0.237. The van der Waals surface area contributed by atoms with Crippen molar-refractivity contribution in [2.75, 3.05) is 0 Å². The molecule has 0 radical (unpaired) electrons. The zero-order chi connectivity index (χ0) is 19.4. The fraction of sp³-hybridized carbons (Fsp3) is 0.476. The Morgan fingerprint density at radius 1 is 1.04 bits per heavy atom. The van der Waals surface area contributed by atoms with Crippen LogP contribution in [0, 0.1) is 5.41 Å². The van der Waals surface area contributed by atoms with E-state index in [2.05, 4.69) is 0 Å². The molecular formula is C21H26N2O4. The summed E-state index contributed by atoms with van der Waals surface area (Å²) >= 11 is 0. The van der Waals surface area contributed by atoms with Gasteiger partial charge in [-0.15, -0.1) is 0 Å². The van der Waals surface area contributed by atoms with Gasteiger partial charge < -0.3 is 4.74 Å². The maximum atomic E-state index is 13.1. The van der Waals surface area contributed by atoms with Crippen LogP contribution in [0.3, 0.4) is 0 Å². The van der Waals surface area contributed by atoms with Gasteiger partial charge in [0.2, 0.25) is 0 Å². The smallest absolute Gasteiger partial charge is 0.330 e. The van der Waals surface area contributed by atoms with Gasteiger partial charge in [-0.1, -0.05) is 49.6 Å². The first-order valence-corrected chi connectivity index (χ1v) is 9.40. The van der Waals surface area contributed by atoms with Crippen LogP contribution < -0.4 is 11.2 Å². The third-order valence-corrected chi connectivity index (χ3v) is 5.61. The molecule has 0 bridgehead atoms. The van der Waals surface area contributed by atoms with Crippen LogP contribution >= 0.6 is 0 Å². The number of benzene rings is 1. The highest BCUT2D eigenvalue weighted by Crippen LogP contribution is 2.40. The highest BCUT2D eigenvalue weighted by Gasteiger charge is 2.41. The topological polar surface area (TPSA) is 70.3 Å². The molecule has 0 unspecified atom stereocenters. The number of nitrogens with zero attached hydrogens (tertiary/aromatic N) is 2. The average Bonchev–Trinajstić information content (AvgIpc) is 2.69. The van der Waals surface area contributed by atoms with Crippen molar-refractivity contribution in [3.8, 4) is 0 Å². The Bertz CT molecular complexity index is 921. The Balaban J connectivity index is 1.80. The van der Waals surface area contributed by atoms with Crippen molar-refractivity contribution in [2.24, 2.45) is 19.5 Å². The molecule has 0 amide bonds. The number of carbonyl (C=O) groups is 1. The third-order valence-electron chi connectivity index (χ3n) is 5.61. The van der Waals surface area contributed by atoms with Crippen LogP contribution in [0.4, 0.5) is 0 Å². The van der Waals surface area contributed by atoms with Crippen molar-refractivity contribution in [2.45, 2.75) is 45.1 Å². The Kier molecular flexibility index (Phi) is 5.63. The van der Waals surface area contributed by atoms with Crippen LogP contribution in [0.15, 0.2) is 46.0 Å². The van der Waals surface area contributed by atoms with E-state index in [9.17, 15) is 14.4 Å². The third kappa shape index (κ3) is 4.04. The number of rotatable bonds is 5. The summed E-state index contributed by atoms with van der Waals surface area (Å²) in [6.07, 6.45) is 5.40. The number of esters is 1. The lowest BCUT2D eigenvalue weighted by molar-refractivity contribution is -0.159. The molecular weight excluding hydrogens is 344 g/mol. The number of aromatic nitrogens is 2. The van der Waals surface area contributed by atoms with Crippen LogP contribution in [0.2, 0.25) is 0 Å². The van der Waals surface area contributed by atoms with Crippen LogP contribution in [-0.2, 0) is 36.7 Å². The minimum absolute atomic E-state index is 0.0722. The maximum Gasteiger partial charge on any atom is 0.330 e. The molecule has 6 nitrogen and oxygen atoms in total. The lowest BCUT2D eigenvalue weighted by Gasteiger charge is -2.35. The summed E-state index contributed by atoms with van der Waals surface area (Å²) in [6, 6.07) is 11.3. The Morgan fingerprint density at radius 3 is 2.37 bits per heavy atom. The highest BCUT2D eigenvalue weighted by atomic mass is 16.5. The molecule has 0 saturated heterocycles. The Hall–Kier alpha value is -2.63. The standard InChI is InChI=1S/C21H26N2O4/c1-22-17(13-18(24)23(2)20(22)26)15-27-19(25)21(11-7-4-8-12-21)14-16-9-5-3-6-10-16/h3,5-6,9-10,13H,4,7-8,11-12,14-15H2,1-2H3. The van der Waals surface area contributed by atoms with Crippen LogP contribution in [0.5, 0.6) is 0 Å². The van der Waals surface area contributed by atoms with Gasteiger partial charge >= 0.3 is 11.7 Å². The minimum Gasteiger partial charge on any atom is -0.459 e. The first-order chi connectivity index (χ1) is 12.9. The predicted molar refractivity (Wildman–Crippen MR) is 102 cm³/mol. The van der Waals surface area contributed by atoms with E-state index in [0.717, 1.165) is 42.2 Å². The quantitative estimate of drug-likeness (QED) is 0.758. The molecule has 1 heterocycles. The fourth-order valence-corrected chi connectivity index (χ4v) is 3.88. The molecule has 1 saturated carbocycles. The van der Waals surface area contributed by atoms with Crippen molar-refractivity contribution in [3.63, 3.8) is 0 Å². The molecule has 1 aromatic carbocycles. The van der Waals surface area contributed by atoms with Gasteiger partial charge in [-0.05, 0) is 24.8 Å². The number of hydrogen-bond acceptors (Lipinski definition) is 4. The molecule has 3 rings (SSSR count). The second-order valence-electron chi connectivity index (χ2n) is 7.45. The number of ether oxygens (including phenoxy) is 1. The second kappa shape index (κ2) is 7.94. The van der Waals surface area contributed by atoms with Gasteiger partial charge in [0.1, 0.15) is 6.61 Å². The highest BCUT2D eigenvalue weighted by molar-refractivity contribution is 5.77. The molecule has 1 fully saturated rings. The van der Waals surface area contributed by atoms with Crippen molar-refractivity contribution in [3.05, 3.63) is 68.5 Å². The zero-order valence-corrected chi connectivity index (χ0v) is 15.9. The molecule has 2 aromatic rings. The van der Waals surface area contributed by atoms with Gasteiger partial charge in [-0.25, -0.2) is 4.79 Å². The van der Waals surface area contributed by atoms with E-state index in [0.29, 0.717) is 12.1 Å². The fourth-order valence-electron chi connectivity index (χ4n) is 3.88. The van der Waals surface area contributed by atoms with Crippen molar-refractivity contribution in [1.82, 2.24) is 9.13 Å². The molecule has 0 aliphatic heterocycles. The number of hydrogen-bond donors (Lipinski definition) is 0. The predicted octanol–water partition coefficient (Wildman–Crippen LogP) is 2.32. The molecule has 0 N–H and O–H groups in total. The van der Waals surface area contributed by atoms with Crippen molar-refractivity contribution < 1.29 is 9.53 Å². The molecule has 6 heteroatoms. The van der Waals surface area contributed by atoms with Gasteiger partial charge in [0.15, 0.2) is 0 Å². The lowest BCUT2D eigenvalue weighted by atomic mass is 9.70. The van der Waals surface area contributed by atoms with Crippen molar-refractivity contribution in [1.29, 1.82) is 0 Å². The van der Waals surface area contributed by atoms with Crippen LogP contribution in [-0.4, -0.2) is 15.1 Å². The van der Waals surface area contributed by atoms with Gasteiger partial charge in [-0.3, -0.25) is 18.7 Å². The van der Waals surface area contributed by atoms with E-state index in [1.807, 2.05) is 30.3 Å². The molecule has 0 atom stereocenters. The zero-order valence-electron chi connectivity index (χ0n) is 15.9. The molecule has 144 valence electrons. The molecule has 0 spiro atoms. The summed E-state index contributed by atoms with van der Waals surface area (Å²) in [5, 5.41) is 0. The average molecular weight is 370 g/mol. The summed E-state index contributed by atoms with van der Waals surface area (Å²) in [7, 11) is 3.00. The van der Waals surface area contributed by atoms with E-state index in [-0.39, 0.29) is 12.6 Å². The molecule has 1 aliphatic carbocycles. The summed E-state index contributed by atoms with van der Waals surface area (Å²) in [6.45, 7) is -0.0722.